The first-order valence-electron chi connectivity index (χ1n) is 28.1. The molecule has 0 aromatic carbocycles. The van der Waals surface area contributed by atoms with E-state index < -0.39 is 100 Å². The number of aliphatic hydroxyl groups excluding tert-OH is 2. The second-order valence-corrected chi connectivity index (χ2v) is 28.1. The summed E-state index contributed by atoms with van der Waals surface area (Å²) in [6.07, 6.45) is 4.76. The molecule has 6 unspecified atom stereocenters. The Morgan fingerprint density at radius 3 is 1.32 bits per heavy atom. The van der Waals surface area contributed by atoms with Gasteiger partial charge in [-0.15, -0.1) is 25.6 Å². The minimum absolute atomic E-state index is 0. The van der Waals surface area contributed by atoms with E-state index in [1.54, 1.807) is 52.5 Å². The average molecular weight is 1170 g/mol. The predicted molar refractivity (Wildman–Crippen MR) is 312 cm³/mol. The molecule has 10 N–H and O–H groups in total. The number of fused-ring (bicyclic) bond motifs is 2. The molecule has 4 saturated carbocycles. The topological polar surface area (TPSA) is 308 Å². The fourth-order valence-corrected chi connectivity index (χ4v) is 11.1. The van der Waals surface area contributed by atoms with Gasteiger partial charge >= 0.3 is 18.2 Å². The van der Waals surface area contributed by atoms with Crippen molar-refractivity contribution >= 4 is 60.1 Å². The van der Waals surface area contributed by atoms with Gasteiger partial charge in [0.05, 0.1) is 6.04 Å². The normalized spacial score (nSPS) is 25.0. The van der Waals surface area contributed by atoms with Crippen LogP contribution in [0.15, 0.2) is 25.3 Å². The number of hydrogen-bond donors (Lipinski definition) is 9. The number of nitrogens with zero attached hydrogens (tertiary/aromatic N) is 2. The third-order valence-electron chi connectivity index (χ3n) is 16.1. The molecule has 0 spiro atoms. The Hall–Kier alpha value is -4.99. The third-order valence-corrected chi connectivity index (χ3v) is 16.1. The van der Waals surface area contributed by atoms with E-state index in [-0.39, 0.29) is 78.6 Å². The maximum absolute atomic E-state index is 14.0. The number of piperidine rings is 2. The molecule has 464 valence electrons. The van der Waals surface area contributed by atoms with Crippen molar-refractivity contribution in [3.05, 3.63) is 25.3 Å². The van der Waals surface area contributed by atoms with Crippen LogP contribution >= 0.6 is 12.4 Å². The summed E-state index contributed by atoms with van der Waals surface area (Å²) in [5, 5.41) is 43.5. The molecule has 0 bridgehead atoms. The quantitative estimate of drug-likeness (QED) is 0.0703. The molecule has 81 heavy (non-hydrogen) atoms. The number of alkyl carbamates (subject to hydrolysis) is 2. The standard InChI is InChI=1S/C29H48N4O6.C19H32N2O5.C10H18N2O2.CH4.ClH/c1-10-13-30-24(36)21(34)18(14-16-11-12-16)31-23(35)20-19-17(29(19,8)9)15-33(20)25(37)22(27(2,3)4)32-26(38)39-28(5,6)7;1-17(2,3)13(20-16(25)26-18(4,5)6)14(22)21-9-10-11(19(10,7)8)12(21)15(23)24;1-2-5-12-10(14)9(13)8(11)6-7-3-4-7;;/h10,16-22,34H,1,11-15H2,2-9H3,(H,30,36)(H,31,35)(H,32,38);10-13H,9H2,1-8H3,(H,20,25)(H,23,24);2,7-9,13H,1,3-6,11H2,(H,12,14);1H4;1H/t17?,18?,19-,20-,21?,22+;10?,11-,12-,13+;;;/m00.../s1. The highest BCUT2D eigenvalue weighted by atomic mass is 35.5. The lowest BCUT2D eigenvalue weighted by Gasteiger charge is -2.38. The van der Waals surface area contributed by atoms with Gasteiger partial charge in [0.1, 0.15) is 41.5 Å². The van der Waals surface area contributed by atoms with Crippen LogP contribution in [0, 0.1) is 57.2 Å². The Labute approximate surface area is 488 Å². The van der Waals surface area contributed by atoms with E-state index in [1.807, 2.05) is 55.4 Å². The molecule has 7 amide bonds. The van der Waals surface area contributed by atoms with Crippen LogP contribution in [-0.2, 0) is 38.2 Å². The Balaban J connectivity index is 0.000000458. The first kappa shape index (κ1) is 72.1. The van der Waals surface area contributed by atoms with Crippen molar-refractivity contribution in [2.75, 3.05) is 26.2 Å². The van der Waals surface area contributed by atoms with Gasteiger partial charge in [-0.1, -0.05) is 114 Å². The number of nitrogens with one attached hydrogen (secondary N) is 5. The number of carbonyl (C=O) groups is 8. The Bertz CT molecular complexity index is 2260. The Morgan fingerprint density at radius 1 is 0.617 bits per heavy atom. The van der Waals surface area contributed by atoms with Crippen LogP contribution < -0.4 is 32.3 Å². The molecule has 6 aliphatic rings. The van der Waals surface area contributed by atoms with Crippen molar-refractivity contribution in [1.29, 1.82) is 0 Å². The number of ether oxygens (including phenoxy) is 2. The minimum Gasteiger partial charge on any atom is -0.480 e. The number of carboxylic acid groups (broad SMARTS) is 1. The lowest BCUT2D eigenvalue weighted by molar-refractivity contribution is -0.152. The lowest BCUT2D eigenvalue weighted by Crippen LogP contribution is -2.61. The Morgan fingerprint density at radius 2 is 0.975 bits per heavy atom. The van der Waals surface area contributed by atoms with E-state index >= 15 is 0 Å². The van der Waals surface area contributed by atoms with Gasteiger partial charge in [-0.05, 0) is 106 Å². The van der Waals surface area contributed by atoms with Crippen molar-refractivity contribution in [2.24, 2.45) is 62.9 Å². The largest absolute Gasteiger partial charge is 0.480 e. The second kappa shape index (κ2) is 27.6. The summed E-state index contributed by atoms with van der Waals surface area (Å²) in [7, 11) is 0. The van der Waals surface area contributed by atoms with E-state index in [1.165, 1.54) is 23.8 Å². The van der Waals surface area contributed by atoms with Gasteiger partial charge in [0, 0.05) is 38.1 Å². The van der Waals surface area contributed by atoms with Gasteiger partial charge in [0.15, 0.2) is 6.10 Å². The van der Waals surface area contributed by atoms with Crippen LogP contribution in [0.5, 0.6) is 0 Å². The summed E-state index contributed by atoms with van der Waals surface area (Å²) < 4.78 is 10.7. The highest BCUT2D eigenvalue weighted by Gasteiger charge is 2.71. The number of aliphatic hydroxyl groups is 2. The summed E-state index contributed by atoms with van der Waals surface area (Å²) in [5.74, 6) is -1.86. The number of amides is 7. The van der Waals surface area contributed by atoms with Gasteiger partial charge in [-0.3, -0.25) is 24.0 Å². The summed E-state index contributed by atoms with van der Waals surface area (Å²) in [5.41, 5.74) is 2.87. The fourth-order valence-electron chi connectivity index (χ4n) is 11.1. The fraction of sp³-hybridized carbons (Fsp3) is 0.797. The molecule has 4 aliphatic carbocycles. The molecule has 0 radical (unpaired) electrons. The number of carbonyl (C=O) groups excluding carboxylic acids is 7. The van der Waals surface area contributed by atoms with Crippen LogP contribution in [0.4, 0.5) is 9.59 Å². The van der Waals surface area contributed by atoms with E-state index in [4.69, 9.17) is 15.2 Å². The second-order valence-electron chi connectivity index (χ2n) is 28.1. The predicted octanol–water partition coefficient (Wildman–Crippen LogP) is 5.69. The average Bonchev–Trinajstić information content (AvgIpc) is 4.29. The monoisotopic (exact) mass is 1170 g/mol. The zero-order valence-electron chi connectivity index (χ0n) is 50.5. The molecule has 22 heteroatoms. The molecule has 0 aromatic heterocycles. The number of carboxylic acids is 1. The van der Waals surface area contributed by atoms with Gasteiger partial charge < -0.3 is 66.9 Å². The molecule has 6 fully saturated rings. The van der Waals surface area contributed by atoms with Crippen molar-refractivity contribution < 1.29 is 63.1 Å². The number of halogens is 1. The van der Waals surface area contributed by atoms with Gasteiger partial charge in [0.2, 0.25) is 17.7 Å². The summed E-state index contributed by atoms with van der Waals surface area (Å²) in [6, 6.07) is -4.60. The van der Waals surface area contributed by atoms with Crippen LogP contribution in [0.25, 0.3) is 0 Å². The zero-order chi connectivity index (χ0) is 60.3. The van der Waals surface area contributed by atoms with Crippen molar-refractivity contribution in [3.63, 3.8) is 0 Å². The summed E-state index contributed by atoms with van der Waals surface area (Å²) in [6.45, 7) is 38.3. The zero-order valence-corrected chi connectivity index (χ0v) is 51.3. The summed E-state index contributed by atoms with van der Waals surface area (Å²) >= 11 is 0. The van der Waals surface area contributed by atoms with E-state index in [0.29, 0.717) is 37.9 Å². The maximum Gasteiger partial charge on any atom is 0.408 e. The molecule has 12 atom stereocenters. The molecular weight excluding hydrogens is 1060 g/mol. The molecule has 2 aliphatic heterocycles. The molecule has 6 rings (SSSR count). The van der Waals surface area contributed by atoms with Crippen LogP contribution in [0.2, 0.25) is 0 Å². The van der Waals surface area contributed by atoms with E-state index in [9.17, 15) is 53.7 Å². The van der Waals surface area contributed by atoms with Crippen LogP contribution in [0.1, 0.15) is 157 Å². The third kappa shape index (κ3) is 19.6. The number of likely N-dealkylation sites (tertiary alicyclic amines) is 2. The van der Waals surface area contributed by atoms with Crippen molar-refractivity contribution in [3.8, 4) is 0 Å². The number of rotatable bonds is 19. The van der Waals surface area contributed by atoms with Crippen LogP contribution in [0.3, 0.4) is 0 Å². The first-order valence-corrected chi connectivity index (χ1v) is 28.1. The van der Waals surface area contributed by atoms with Crippen molar-refractivity contribution in [1.82, 2.24) is 36.4 Å². The van der Waals surface area contributed by atoms with E-state index in [0.717, 1.165) is 19.3 Å². The highest BCUT2D eigenvalue weighted by Crippen LogP contribution is 2.66. The number of nitrogens with two attached hydrogens (primary N) is 1. The summed E-state index contributed by atoms with van der Waals surface area (Å²) in [4.78, 5) is 104. The van der Waals surface area contributed by atoms with Crippen LogP contribution in [-0.4, -0.2) is 159 Å². The molecule has 2 saturated heterocycles. The smallest absolute Gasteiger partial charge is 0.408 e. The molecule has 2 heterocycles. The van der Waals surface area contributed by atoms with Gasteiger partial charge in [-0.25, -0.2) is 14.4 Å². The first-order chi connectivity index (χ1) is 36.1. The minimum atomic E-state index is -1.42. The maximum atomic E-state index is 14.0. The van der Waals surface area contributed by atoms with Crippen molar-refractivity contribution in [2.45, 2.75) is 216 Å². The number of hydrogen-bond acceptors (Lipinski definition) is 13. The number of aliphatic carboxylic acids is 1. The Kier molecular flexibility index (Phi) is 24.6. The lowest BCUT2D eigenvalue weighted by atomic mass is 9.85. The molecule has 21 nitrogen and oxygen atoms in total. The van der Waals surface area contributed by atoms with Gasteiger partial charge in [0.25, 0.3) is 11.8 Å². The SMILES string of the molecule is C.C=CCNC(=O)C(O)C(CC1CC1)NC(=O)[C@@H]1[C@@H]2C(CN1C(=O)[C@@H](NC(=O)OC(C)(C)C)C(C)(C)C)C2(C)C.C=CCNC(=O)C(O)C(N)CC1CC1.CC(C)(C)OC(=O)N[C@H](C(=O)N1CC2[C@@H]([C@H]1C(=O)O)C2(C)C)C(C)(C)C.Cl. The molecule has 0 aromatic rings. The van der Waals surface area contributed by atoms with E-state index in [2.05, 4.69) is 53.6 Å². The van der Waals surface area contributed by atoms with Gasteiger partial charge in [-0.2, -0.15) is 0 Å². The molecular formula is C59H103ClN8O13. The highest BCUT2D eigenvalue weighted by molar-refractivity contribution is 5.94.